The van der Waals surface area contributed by atoms with Crippen molar-refractivity contribution in [1.29, 1.82) is 0 Å². The molecule has 0 bridgehead atoms. The topological polar surface area (TPSA) is 114 Å². The van der Waals surface area contributed by atoms with Crippen molar-refractivity contribution in [1.82, 2.24) is 19.7 Å². The molecule has 1 aromatic carbocycles. The monoisotopic (exact) mass is 503 g/mol. The zero-order valence-electron chi connectivity index (χ0n) is 15.5. The van der Waals surface area contributed by atoms with E-state index < -0.39 is 37.7 Å². The SMILES string of the molecule is O=S(=O)(Nc1cc(Cl)cnc1-c1nncn1C1C=NN=C1)c1ccc(Cl)c(C(F)(F)F)c1. The lowest BCUT2D eigenvalue weighted by molar-refractivity contribution is -0.137. The Morgan fingerprint density at radius 1 is 1.09 bits per heavy atom. The van der Waals surface area contributed by atoms with Crippen LogP contribution < -0.4 is 4.72 Å². The highest BCUT2D eigenvalue weighted by molar-refractivity contribution is 7.92. The van der Waals surface area contributed by atoms with Crippen LogP contribution >= 0.6 is 23.2 Å². The lowest BCUT2D eigenvalue weighted by Crippen LogP contribution is -2.17. The highest BCUT2D eigenvalue weighted by Gasteiger charge is 2.34. The Bertz CT molecular complexity index is 1340. The van der Waals surface area contributed by atoms with Gasteiger partial charge in [-0.3, -0.25) is 9.29 Å². The van der Waals surface area contributed by atoms with Crippen LogP contribution in [0.2, 0.25) is 10.0 Å². The van der Waals surface area contributed by atoms with Crippen LogP contribution in [-0.2, 0) is 16.2 Å². The average Bonchev–Trinajstić information content (AvgIpc) is 3.38. The summed E-state index contributed by atoms with van der Waals surface area (Å²) >= 11 is 11.6. The van der Waals surface area contributed by atoms with E-state index in [0.717, 1.165) is 12.1 Å². The number of benzene rings is 1. The van der Waals surface area contributed by atoms with Crippen molar-refractivity contribution in [2.45, 2.75) is 17.1 Å². The number of aromatic nitrogens is 4. The molecule has 0 aliphatic carbocycles. The fourth-order valence-electron chi connectivity index (χ4n) is 2.81. The van der Waals surface area contributed by atoms with Crippen LogP contribution in [0.1, 0.15) is 11.6 Å². The van der Waals surface area contributed by atoms with Crippen LogP contribution in [0, 0.1) is 0 Å². The first-order valence-electron chi connectivity index (χ1n) is 8.58. The Labute approximate surface area is 188 Å². The normalized spacial score (nSPS) is 14.3. The van der Waals surface area contributed by atoms with Gasteiger partial charge in [-0.2, -0.15) is 23.4 Å². The number of nitrogens with one attached hydrogen (secondary N) is 1. The Morgan fingerprint density at radius 2 is 1.81 bits per heavy atom. The fourth-order valence-corrected chi connectivity index (χ4v) is 4.28. The van der Waals surface area contributed by atoms with Gasteiger partial charge >= 0.3 is 6.18 Å². The highest BCUT2D eigenvalue weighted by atomic mass is 35.5. The molecule has 15 heteroatoms. The number of rotatable bonds is 5. The maximum absolute atomic E-state index is 13.2. The van der Waals surface area contributed by atoms with E-state index in [1.807, 2.05) is 0 Å². The summed E-state index contributed by atoms with van der Waals surface area (Å²) in [6.45, 7) is 0. The van der Waals surface area contributed by atoms with E-state index in [0.29, 0.717) is 6.07 Å². The summed E-state index contributed by atoms with van der Waals surface area (Å²) in [6.07, 6.45) is 0.783. The lowest BCUT2D eigenvalue weighted by atomic mass is 10.2. The van der Waals surface area contributed by atoms with Crippen LogP contribution in [-0.4, -0.2) is 40.6 Å². The molecule has 0 spiro atoms. The third kappa shape index (κ3) is 4.31. The summed E-state index contributed by atoms with van der Waals surface area (Å²) < 4.78 is 69.0. The smallest absolute Gasteiger partial charge is 0.298 e. The molecule has 0 radical (unpaired) electrons. The van der Waals surface area contributed by atoms with Crippen LogP contribution in [0.5, 0.6) is 0 Å². The number of alkyl halides is 3. The third-order valence-corrected chi connectivity index (χ3v) is 6.16. The first-order valence-corrected chi connectivity index (χ1v) is 10.8. The molecular weight excluding hydrogens is 494 g/mol. The van der Waals surface area contributed by atoms with Gasteiger partial charge in [-0.05, 0) is 24.3 Å². The van der Waals surface area contributed by atoms with Gasteiger partial charge in [0.2, 0.25) is 0 Å². The van der Waals surface area contributed by atoms with Crippen molar-refractivity contribution < 1.29 is 21.6 Å². The highest BCUT2D eigenvalue weighted by Crippen LogP contribution is 2.37. The van der Waals surface area contributed by atoms with E-state index in [4.69, 9.17) is 23.2 Å². The van der Waals surface area contributed by atoms with E-state index in [-0.39, 0.29) is 22.2 Å². The van der Waals surface area contributed by atoms with Gasteiger partial charge in [0, 0.05) is 6.20 Å². The zero-order valence-corrected chi connectivity index (χ0v) is 17.8. The predicted molar refractivity (Wildman–Crippen MR) is 112 cm³/mol. The van der Waals surface area contributed by atoms with Gasteiger partial charge in [-0.15, -0.1) is 10.2 Å². The van der Waals surface area contributed by atoms with Gasteiger partial charge in [0.25, 0.3) is 10.0 Å². The maximum atomic E-state index is 13.2. The van der Waals surface area contributed by atoms with Crippen molar-refractivity contribution in [3.63, 3.8) is 0 Å². The Morgan fingerprint density at radius 3 is 2.50 bits per heavy atom. The predicted octanol–water partition coefficient (Wildman–Crippen LogP) is 4.08. The molecule has 1 N–H and O–H groups in total. The van der Waals surface area contributed by atoms with Crippen molar-refractivity contribution in [2.24, 2.45) is 10.2 Å². The molecular formula is C17H10Cl2F3N7O2S. The van der Waals surface area contributed by atoms with Crippen LogP contribution in [0.3, 0.4) is 0 Å². The van der Waals surface area contributed by atoms with Gasteiger partial charge in [-0.25, -0.2) is 13.4 Å². The molecule has 0 amide bonds. The summed E-state index contributed by atoms with van der Waals surface area (Å²) in [5, 5.41) is 14.7. The largest absolute Gasteiger partial charge is 0.417 e. The molecule has 3 heterocycles. The first kappa shape index (κ1) is 22.2. The molecule has 0 saturated carbocycles. The Kier molecular flexibility index (Phi) is 5.65. The molecule has 3 aromatic rings. The Balaban J connectivity index is 1.77. The number of pyridine rings is 1. The second-order valence-electron chi connectivity index (χ2n) is 6.38. The Hall–Kier alpha value is -3.03. The fraction of sp³-hybridized carbons (Fsp3) is 0.118. The first-order chi connectivity index (χ1) is 15.1. The standard InChI is InChI=1S/C17H10Cl2F3N7O2S/c18-9-3-14(15(23-5-9)16-27-26-8-29(16)10-6-24-25-7-10)28-32(30,31)11-1-2-13(19)12(4-11)17(20,21)22/h1-8,10,28H. The van der Waals surface area contributed by atoms with Gasteiger partial charge in [0.05, 0.1) is 38.6 Å². The molecule has 2 aromatic heterocycles. The van der Waals surface area contributed by atoms with E-state index >= 15 is 0 Å². The van der Waals surface area contributed by atoms with Crippen molar-refractivity contribution >= 4 is 51.3 Å². The van der Waals surface area contributed by atoms with Crippen LogP contribution in [0.25, 0.3) is 11.5 Å². The summed E-state index contributed by atoms with van der Waals surface area (Å²) in [7, 11) is -4.49. The van der Waals surface area contributed by atoms with Crippen LogP contribution in [0.15, 0.2) is 51.9 Å². The van der Waals surface area contributed by atoms with E-state index in [1.165, 1.54) is 35.6 Å². The number of halogens is 5. The van der Waals surface area contributed by atoms with Crippen molar-refractivity contribution in [3.8, 4) is 11.5 Å². The zero-order chi connectivity index (χ0) is 23.1. The second kappa shape index (κ2) is 8.15. The molecule has 0 fully saturated rings. The van der Waals surface area contributed by atoms with Gasteiger partial charge in [0.15, 0.2) is 5.82 Å². The molecule has 1 aliphatic rings. The lowest BCUT2D eigenvalue weighted by Gasteiger charge is -2.15. The van der Waals surface area contributed by atoms with Crippen molar-refractivity contribution in [2.75, 3.05) is 4.72 Å². The van der Waals surface area contributed by atoms with Gasteiger partial charge in [-0.1, -0.05) is 23.2 Å². The summed E-state index contributed by atoms with van der Waals surface area (Å²) in [4.78, 5) is 3.47. The minimum Gasteiger partial charge on any atom is -0.298 e. The molecule has 1 aliphatic heterocycles. The minimum absolute atomic E-state index is 0.0363. The van der Waals surface area contributed by atoms with Crippen LogP contribution in [0.4, 0.5) is 18.9 Å². The molecule has 166 valence electrons. The van der Waals surface area contributed by atoms with E-state index in [1.54, 1.807) is 0 Å². The molecule has 0 atom stereocenters. The molecule has 4 rings (SSSR count). The molecule has 9 nitrogen and oxygen atoms in total. The minimum atomic E-state index is -4.84. The van der Waals surface area contributed by atoms with E-state index in [2.05, 4.69) is 30.1 Å². The number of nitrogens with zero attached hydrogens (tertiary/aromatic N) is 6. The van der Waals surface area contributed by atoms with Gasteiger partial charge < -0.3 is 0 Å². The summed E-state index contributed by atoms with van der Waals surface area (Å²) in [5.41, 5.74) is -1.37. The van der Waals surface area contributed by atoms with E-state index in [9.17, 15) is 21.6 Å². The number of hydrogen-bond acceptors (Lipinski definition) is 7. The number of anilines is 1. The molecule has 0 unspecified atom stereocenters. The number of sulfonamides is 1. The second-order valence-corrected chi connectivity index (χ2v) is 8.90. The number of hydrogen-bond donors (Lipinski definition) is 1. The molecule has 32 heavy (non-hydrogen) atoms. The van der Waals surface area contributed by atoms with Crippen molar-refractivity contribution in [3.05, 3.63) is 52.4 Å². The quantitative estimate of drug-likeness (QED) is 0.563. The summed E-state index contributed by atoms with van der Waals surface area (Å²) in [5.74, 6) is 0.149. The maximum Gasteiger partial charge on any atom is 0.417 e. The third-order valence-electron chi connectivity index (χ3n) is 4.26. The summed E-state index contributed by atoms with van der Waals surface area (Å²) in [6, 6.07) is 3.05. The van der Waals surface area contributed by atoms with Gasteiger partial charge in [0.1, 0.15) is 18.1 Å². The molecule has 0 saturated heterocycles. The average molecular weight is 504 g/mol.